The van der Waals surface area contributed by atoms with Crippen LogP contribution < -0.4 is 0 Å². The fourth-order valence-corrected chi connectivity index (χ4v) is 4.25. The second-order valence-electron chi connectivity index (χ2n) is 8.34. The van der Waals surface area contributed by atoms with Crippen molar-refractivity contribution in [2.24, 2.45) is 17.8 Å². The summed E-state index contributed by atoms with van der Waals surface area (Å²) in [7, 11) is 1.41. The molecule has 1 rings (SSSR count). The summed E-state index contributed by atoms with van der Waals surface area (Å²) in [6, 6.07) is 0. The molecule has 0 aromatic heterocycles. The minimum Gasteiger partial charge on any atom is -0.469 e. The molecule has 0 heterocycles. The van der Waals surface area contributed by atoms with E-state index in [1.165, 1.54) is 26.4 Å². The summed E-state index contributed by atoms with van der Waals surface area (Å²) >= 11 is 0. The number of rotatable bonds is 15. The Morgan fingerprint density at radius 3 is 2.50 bits per heavy atom. The van der Waals surface area contributed by atoms with Crippen molar-refractivity contribution in [3.05, 3.63) is 12.2 Å². The number of carbonyl (C=O) groups is 3. The number of hydrogen-bond donors (Lipinski definition) is 0. The highest BCUT2D eigenvalue weighted by Gasteiger charge is 2.38. The summed E-state index contributed by atoms with van der Waals surface area (Å²) in [5.74, 6) is 1.30. The molecule has 0 bridgehead atoms. The van der Waals surface area contributed by atoms with Crippen LogP contribution in [0.1, 0.15) is 97.3 Å². The number of esters is 1. The molecule has 0 spiro atoms. The Balaban J connectivity index is 2.33. The van der Waals surface area contributed by atoms with E-state index in [2.05, 4.69) is 30.7 Å². The van der Waals surface area contributed by atoms with Gasteiger partial charge in [0.25, 0.3) is 0 Å². The van der Waals surface area contributed by atoms with E-state index in [1.807, 2.05) is 0 Å². The highest BCUT2D eigenvalue weighted by Crippen LogP contribution is 2.39. The first kappa shape index (κ1) is 24.6. The lowest BCUT2D eigenvalue weighted by molar-refractivity contribution is -0.140. The van der Waals surface area contributed by atoms with Crippen molar-refractivity contribution in [3.63, 3.8) is 0 Å². The van der Waals surface area contributed by atoms with E-state index in [0.29, 0.717) is 49.1 Å². The zero-order valence-corrected chi connectivity index (χ0v) is 18.2. The molecule has 1 fully saturated rings. The predicted molar refractivity (Wildman–Crippen MR) is 113 cm³/mol. The molecule has 4 nitrogen and oxygen atoms in total. The molecule has 0 aromatic carbocycles. The van der Waals surface area contributed by atoms with Gasteiger partial charge in [-0.15, -0.1) is 0 Å². The van der Waals surface area contributed by atoms with Crippen LogP contribution in [0.2, 0.25) is 0 Å². The molecule has 1 aliphatic rings. The first-order valence-corrected chi connectivity index (χ1v) is 11.3. The molecule has 0 saturated heterocycles. The van der Waals surface area contributed by atoms with Gasteiger partial charge in [-0.1, -0.05) is 51.7 Å². The van der Waals surface area contributed by atoms with Crippen LogP contribution in [-0.2, 0) is 19.1 Å². The number of unbranched alkanes of at least 4 members (excludes halogenated alkanes) is 5. The van der Waals surface area contributed by atoms with Crippen LogP contribution in [0.15, 0.2) is 12.2 Å². The third-order valence-electron chi connectivity index (χ3n) is 6.04. The Morgan fingerprint density at radius 1 is 1.04 bits per heavy atom. The third-order valence-corrected chi connectivity index (χ3v) is 6.04. The maximum Gasteiger partial charge on any atom is 0.305 e. The first-order valence-electron chi connectivity index (χ1n) is 11.3. The minimum atomic E-state index is -0.178. The molecule has 0 amide bonds. The standard InChI is InChI=1S/C24H40O4/c1-4-5-6-7-10-13-20(25)16-17-21-19(2)18-23(26)22(21)14-11-8-9-12-15-24(27)28-3/h8,11,19,21-22H,4-7,9-10,12-18H2,1-3H3/t19-,21+,22-/m1/s1. The monoisotopic (exact) mass is 392 g/mol. The van der Waals surface area contributed by atoms with Gasteiger partial charge in [-0.3, -0.25) is 14.4 Å². The first-order chi connectivity index (χ1) is 13.5. The molecule has 0 aromatic rings. The van der Waals surface area contributed by atoms with Crippen molar-refractivity contribution >= 4 is 17.5 Å². The van der Waals surface area contributed by atoms with Crippen LogP contribution >= 0.6 is 0 Å². The average molecular weight is 393 g/mol. The number of methoxy groups -OCH3 is 1. The normalized spacial score (nSPS) is 22.1. The Kier molecular flexibility index (Phi) is 12.8. The van der Waals surface area contributed by atoms with Gasteiger partial charge in [0.1, 0.15) is 11.6 Å². The lowest BCUT2D eigenvalue weighted by atomic mass is 9.83. The molecular formula is C24H40O4. The van der Waals surface area contributed by atoms with Gasteiger partial charge in [-0.2, -0.15) is 0 Å². The molecule has 0 aliphatic heterocycles. The Labute approximate surface area is 171 Å². The highest BCUT2D eigenvalue weighted by molar-refractivity contribution is 5.84. The maximum atomic E-state index is 12.4. The van der Waals surface area contributed by atoms with Crippen molar-refractivity contribution in [2.75, 3.05) is 7.11 Å². The van der Waals surface area contributed by atoms with Crippen LogP contribution in [0.4, 0.5) is 0 Å². The molecule has 0 N–H and O–H groups in total. The molecule has 0 unspecified atom stereocenters. The van der Waals surface area contributed by atoms with Gasteiger partial charge >= 0.3 is 5.97 Å². The number of ether oxygens (including phenoxy) is 1. The number of Topliss-reactive ketones (excluding diaryl/α,β-unsaturated/α-hetero) is 2. The molecular weight excluding hydrogens is 352 g/mol. The minimum absolute atomic E-state index is 0.0595. The van der Waals surface area contributed by atoms with Gasteiger partial charge in [0.05, 0.1) is 7.11 Å². The molecule has 160 valence electrons. The highest BCUT2D eigenvalue weighted by atomic mass is 16.5. The summed E-state index contributed by atoms with van der Waals surface area (Å²) in [5.41, 5.74) is 0. The smallest absolute Gasteiger partial charge is 0.305 e. The lowest BCUT2D eigenvalue weighted by Gasteiger charge is -2.20. The second kappa shape index (κ2) is 14.5. The Morgan fingerprint density at radius 2 is 1.79 bits per heavy atom. The van der Waals surface area contributed by atoms with E-state index < -0.39 is 0 Å². The quantitative estimate of drug-likeness (QED) is 0.200. The Bertz CT molecular complexity index is 509. The van der Waals surface area contributed by atoms with Crippen molar-refractivity contribution < 1.29 is 19.1 Å². The largest absolute Gasteiger partial charge is 0.469 e. The molecule has 0 radical (unpaired) electrons. The van der Waals surface area contributed by atoms with Crippen LogP contribution in [0.25, 0.3) is 0 Å². The van der Waals surface area contributed by atoms with Gasteiger partial charge in [0, 0.05) is 31.6 Å². The molecule has 4 heteroatoms. The van der Waals surface area contributed by atoms with Crippen LogP contribution in [0.3, 0.4) is 0 Å². The third kappa shape index (κ3) is 9.66. The summed E-state index contributed by atoms with van der Waals surface area (Å²) in [6.07, 6.45) is 15.6. The number of ketones is 2. The summed E-state index contributed by atoms with van der Waals surface area (Å²) in [4.78, 5) is 35.7. The molecule has 28 heavy (non-hydrogen) atoms. The van der Waals surface area contributed by atoms with E-state index in [1.54, 1.807) is 0 Å². The van der Waals surface area contributed by atoms with E-state index >= 15 is 0 Å². The lowest BCUT2D eigenvalue weighted by Crippen LogP contribution is -2.17. The molecule has 1 aliphatic carbocycles. The van der Waals surface area contributed by atoms with Gasteiger partial charge in [-0.25, -0.2) is 0 Å². The summed E-state index contributed by atoms with van der Waals surface area (Å²) in [6.45, 7) is 4.35. The van der Waals surface area contributed by atoms with Crippen LogP contribution in [0, 0.1) is 17.8 Å². The zero-order valence-electron chi connectivity index (χ0n) is 18.2. The summed E-state index contributed by atoms with van der Waals surface area (Å²) < 4.78 is 4.63. The van der Waals surface area contributed by atoms with Gasteiger partial charge in [-0.05, 0) is 43.9 Å². The number of carbonyl (C=O) groups excluding carboxylic acids is 3. The molecule has 3 atom stereocenters. The zero-order chi connectivity index (χ0) is 20.8. The van der Waals surface area contributed by atoms with Crippen molar-refractivity contribution in [1.82, 2.24) is 0 Å². The van der Waals surface area contributed by atoms with Gasteiger partial charge in [0.2, 0.25) is 0 Å². The van der Waals surface area contributed by atoms with E-state index in [-0.39, 0.29) is 11.9 Å². The number of allylic oxidation sites excluding steroid dienone is 2. The molecule has 1 saturated carbocycles. The fourth-order valence-electron chi connectivity index (χ4n) is 4.25. The van der Waals surface area contributed by atoms with Crippen molar-refractivity contribution in [1.29, 1.82) is 0 Å². The average Bonchev–Trinajstić information content (AvgIpc) is 2.94. The SMILES string of the molecule is CCCCCCCC(=O)CC[C@H]1[C@H](C)CC(=O)[C@@H]1CC=CCCCC(=O)OC. The van der Waals surface area contributed by atoms with E-state index in [9.17, 15) is 14.4 Å². The van der Waals surface area contributed by atoms with Crippen LogP contribution in [0.5, 0.6) is 0 Å². The van der Waals surface area contributed by atoms with Gasteiger partial charge in [0.15, 0.2) is 0 Å². The van der Waals surface area contributed by atoms with Crippen LogP contribution in [-0.4, -0.2) is 24.6 Å². The fraction of sp³-hybridized carbons (Fsp3) is 0.792. The van der Waals surface area contributed by atoms with E-state index in [0.717, 1.165) is 38.5 Å². The summed E-state index contributed by atoms with van der Waals surface area (Å²) in [5, 5.41) is 0. The van der Waals surface area contributed by atoms with E-state index in [4.69, 9.17) is 0 Å². The topological polar surface area (TPSA) is 60.4 Å². The maximum absolute atomic E-state index is 12.4. The van der Waals surface area contributed by atoms with Gasteiger partial charge < -0.3 is 4.74 Å². The van der Waals surface area contributed by atoms with Crippen molar-refractivity contribution in [2.45, 2.75) is 97.3 Å². The Hall–Kier alpha value is -1.45. The van der Waals surface area contributed by atoms with Crippen molar-refractivity contribution in [3.8, 4) is 0 Å². The predicted octanol–water partition coefficient (Wildman–Crippen LogP) is 5.83. The second-order valence-corrected chi connectivity index (χ2v) is 8.34. The number of hydrogen-bond acceptors (Lipinski definition) is 4.